The minimum absolute atomic E-state index is 0. The van der Waals surface area contributed by atoms with Crippen molar-refractivity contribution in [2.24, 2.45) is 5.92 Å². The van der Waals surface area contributed by atoms with Crippen molar-refractivity contribution in [1.82, 2.24) is 9.88 Å². The lowest BCUT2D eigenvalue weighted by Crippen LogP contribution is -2.41. The smallest absolute Gasteiger partial charge is 0.409 e. The minimum Gasteiger partial charge on any atom is -0.409 e. The maximum absolute atomic E-state index is 12.0. The molecule has 6 nitrogen and oxygen atoms in total. The zero-order chi connectivity index (χ0) is 26.2. The molecule has 1 aromatic carbocycles. The van der Waals surface area contributed by atoms with E-state index in [0.29, 0.717) is 31.7 Å². The average molecular weight is 824 g/mol. The van der Waals surface area contributed by atoms with Crippen molar-refractivity contribution in [2.75, 3.05) is 15.5 Å². The van der Waals surface area contributed by atoms with E-state index in [9.17, 15) is 14.4 Å². The van der Waals surface area contributed by atoms with Crippen molar-refractivity contribution in [2.45, 2.75) is 53.9 Å². The van der Waals surface area contributed by atoms with Gasteiger partial charge >= 0.3 is 6.09 Å². The van der Waals surface area contributed by atoms with Gasteiger partial charge in [-0.2, -0.15) is 0 Å². The number of pyridine rings is 1. The van der Waals surface area contributed by atoms with Crippen LogP contribution >= 0.6 is 69.2 Å². The van der Waals surface area contributed by atoms with Crippen LogP contribution < -0.4 is 4.74 Å². The normalized spacial score (nSPS) is 11.6. The Kier molecular flexibility index (Phi) is 30.7. The molecule has 1 fully saturated rings. The number of piperidine rings is 1. The Labute approximate surface area is 255 Å². The van der Waals surface area contributed by atoms with Gasteiger partial charge in [0.2, 0.25) is 0 Å². The van der Waals surface area contributed by atoms with Crippen molar-refractivity contribution in [3.63, 3.8) is 0 Å². The molecule has 198 valence electrons. The number of aromatic nitrogens is 1. The summed E-state index contributed by atoms with van der Waals surface area (Å²) in [5.41, 5.74) is 0. The number of nitrogens with zero attached hydrogens (tertiary/aromatic N) is 2. The Hall–Kier alpha value is -0.830. The van der Waals surface area contributed by atoms with Gasteiger partial charge in [-0.1, -0.05) is 109 Å². The molecule has 0 bridgehead atoms. The van der Waals surface area contributed by atoms with Gasteiger partial charge in [0.15, 0.2) is 5.75 Å². The fourth-order valence-electron chi connectivity index (χ4n) is 2.73. The highest BCUT2D eigenvalue weighted by Crippen LogP contribution is 2.20. The number of rotatable bonds is 4. The predicted molar refractivity (Wildman–Crippen MR) is 172 cm³/mol. The Morgan fingerprint density at radius 2 is 1.40 bits per heavy atom. The van der Waals surface area contributed by atoms with Gasteiger partial charge in [-0.05, 0) is 31.9 Å². The van der Waals surface area contributed by atoms with E-state index in [4.69, 9.17) is 4.74 Å². The van der Waals surface area contributed by atoms with Gasteiger partial charge in [0.1, 0.15) is 11.6 Å². The second-order valence-corrected chi connectivity index (χ2v) is 10.9. The van der Waals surface area contributed by atoms with Crippen molar-refractivity contribution in [1.29, 1.82) is 0 Å². The summed E-state index contributed by atoms with van der Waals surface area (Å²) in [6.45, 7) is 10.3. The molecule has 0 N–H and O–H groups in total. The lowest BCUT2D eigenvalue weighted by atomic mass is 9.90. The van der Waals surface area contributed by atoms with E-state index in [-0.39, 0.29) is 47.9 Å². The monoisotopic (exact) mass is 824 g/mol. The van der Waals surface area contributed by atoms with Gasteiger partial charge in [-0.25, -0.2) is 4.79 Å². The number of carbonyl (C=O) groups excluding carboxylic acids is 3. The largest absolute Gasteiger partial charge is 0.415 e. The molecule has 3 rings (SSSR count). The molecule has 1 aliphatic heterocycles. The summed E-state index contributed by atoms with van der Waals surface area (Å²) in [5, 5.41) is 0. The van der Waals surface area contributed by atoms with Crippen LogP contribution in [-0.2, 0) is 9.59 Å². The van der Waals surface area contributed by atoms with Crippen LogP contribution in [-0.4, -0.2) is 43.1 Å². The number of halogens is 3. The van der Waals surface area contributed by atoms with Crippen molar-refractivity contribution in [3.8, 4) is 5.75 Å². The van der Waals surface area contributed by atoms with Gasteiger partial charge in [0.25, 0.3) is 0 Å². The first-order valence-corrected chi connectivity index (χ1v) is 14.5. The number of Topliss-reactive ketones (excluding diaryl/α,β-unsaturated/α-hetero) is 2. The van der Waals surface area contributed by atoms with Crippen LogP contribution in [0.1, 0.15) is 53.9 Å². The van der Waals surface area contributed by atoms with E-state index < -0.39 is 6.09 Å². The van der Waals surface area contributed by atoms with E-state index in [2.05, 4.69) is 50.2 Å². The fourth-order valence-corrected chi connectivity index (χ4v) is 2.73. The van der Waals surface area contributed by atoms with Crippen LogP contribution in [0.4, 0.5) is 4.79 Å². The number of benzene rings is 1. The molecule has 35 heavy (non-hydrogen) atoms. The van der Waals surface area contributed by atoms with Gasteiger partial charge in [0, 0.05) is 25.2 Å². The molecule has 9 heteroatoms. The van der Waals surface area contributed by atoms with Crippen LogP contribution in [0.2, 0.25) is 0 Å². The Balaban J connectivity index is -0.000000608. The third-order valence-corrected chi connectivity index (χ3v) is 4.14. The number of ether oxygens (including phenoxy) is 1. The third-order valence-electron chi connectivity index (χ3n) is 4.14. The van der Waals surface area contributed by atoms with Crippen molar-refractivity contribution in [3.05, 3.63) is 60.9 Å². The number of likely N-dealkylation sites (tertiary alicyclic amines) is 1. The summed E-state index contributed by atoms with van der Waals surface area (Å²) in [6, 6.07) is 15.4. The van der Waals surface area contributed by atoms with E-state index >= 15 is 0 Å². The van der Waals surface area contributed by atoms with Gasteiger partial charge in [-0.3, -0.25) is 14.6 Å². The summed E-state index contributed by atoms with van der Waals surface area (Å²) < 4.78 is 6.39. The third kappa shape index (κ3) is 21.0. The molecule has 2 heterocycles. The molecule has 0 spiro atoms. The SMILES string of the molecule is CC.CC.CC(=O)CC(=O)C1CCN(C(=O)Oc2cccnc2)CC1.I.ICI.c1ccccc1. The van der Waals surface area contributed by atoms with Crippen LogP contribution in [0.3, 0.4) is 0 Å². The van der Waals surface area contributed by atoms with Crippen LogP contribution in [0, 0.1) is 5.92 Å². The van der Waals surface area contributed by atoms with E-state index in [1.165, 1.54) is 15.6 Å². The molecule has 0 radical (unpaired) electrons. The van der Waals surface area contributed by atoms with Gasteiger partial charge in [-0.15, -0.1) is 24.0 Å². The lowest BCUT2D eigenvalue weighted by molar-refractivity contribution is -0.129. The van der Waals surface area contributed by atoms with E-state index in [0.717, 1.165) is 0 Å². The molecule has 1 amide bonds. The molecule has 0 atom stereocenters. The molecule has 0 aliphatic carbocycles. The molecule has 1 aromatic heterocycles. The standard InChI is InChI=1S/C15H18N2O4.C6H6.2C2H6.CH2I2.HI/c1-11(18)9-14(19)12-4-7-17(8-5-12)15(20)21-13-3-2-6-16-10-13;1-2-4-6-5-3-1;2*1-2;2-1-3;/h2-3,6,10,12H,4-5,7-9H2,1H3;1-6H;2*1-2H3;1H2;1H. The van der Waals surface area contributed by atoms with Crippen LogP contribution in [0.15, 0.2) is 60.9 Å². The van der Waals surface area contributed by atoms with Crippen LogP contribution in [0.5, 0.6) is 5.75 Å². The molecular formula is C26H39I3N2O4. The molecular weight excluding hydrogens is 785 g/mol. The maximum atomic E-state index is 12.0. The average Bonchev–Trinajstić information content (AvgIpc) is 2.89. The number of hydrogen-bond donors (Lipinski definition) is 0. The minimum atomic E-state index is -0.430. The predicted octanol–water partition coefficient (Wildman–Crippen LogP) is 8.01. The number of carbonyl (C=O) groups is 3. The molecule has 0 unspecified atom stereocenters. The lowest BCUT2D eigenvalue weighted by Gasteiger charge is -2.30. The summed E-state index contributed by atoms with van der Waals surface area (Å²) in [4.78, 5) is 40.2. The van der Waals surface area contributed by atoms with Crippen molar-refractivity contribution < 1.29 is 19.1 Å². The second-order valence-electron chi connectivity index (χ2n) is 6.42. The molecule has 1 aliphatic rings. The Morgan fingerprint density at radius 1 is 0.943 bits per heavy atom. The second kappa shape index (κ2) is 27.8. The highest BCUT2D eigenvalue weighted by Gasteiger charge is 2.28. The summed E-state index contributed by atoms with van der Waals surface area (Å²) in [7, 11) is 0. The number of amides is 1. The molecule has 0 saturated carbocycles. The number of alkyl halides is 2. The number of hydrogen-bond acceptors (Lipinski definition) is 5. The van der Waals surface area contributed by atoms with Crippen LogP contribution in [0.25, 0.3) is 0 Å². The summed E-state index contributed by atoms with van der Waals surface area (Å²) in [6.07, 6.45) is 3.79. The van der Waals surface area contributed by atoms with Gasteiger partial charge < -0.3 is 9.64 Å². The van der Waals surface area contributed by atoms with E-state index in [1.807, 2.05) is 64.1 Å². The topological polar surface area (TPSA) is 76.6 Å². The van der Waals surface area contributed by atoms with Crippen molar-refractivity contribution >= 4 is 86.8 Å². The fraction of sp³-hybridized carbons (Fsp3) is 0.462. The van der Waals surface area contributed by atoms with Gasteiger partial charge in [0.05, 0.1) is 15.1 Å². The first-order valence-electron chi connectivity index (χ1n) is 11.5. The van der Waals surface area contributed by atoms with E-state index in [1.54, 1.807) is 23.2 Å². The zero-order valence-electron chi connectivity index (χ0n) is 21.3. The quantitative estimate of drug-likeness (QED) is 0.178. The molecule has 1 saturated heterocycles. The Morgan fingerprint density at radius 3 is 1.77 bits per heavy atom. The molecule has 2 aromatic rings. The number of ketones is 2. The summed E-state index contributed by atoms with van der Waals surface area (Å²) in [5.74, 6) is 0.134. The maximum Gasteiger partial charge on any atom is 0.415 e. The highest BCUT2D eigenvalue weighted by molar-refractivity contribution is 14.2. The first-order chi connectivity index (χ1) is 16.5. The zero-order valence-corrected chi connectivity index (χ0v) is 27.9. The summed E-state index contributed by atoms with van der Waals surface area (Å²) >= 11 is 4.55. The Bertz CT molecular complexity index is 731. The first kappa shape index (κ1) is 38.7. The highest BCUT2D eigenvalue weighted by atomic mass is 127.